The molecular formula is C25H22Cl2N2O. The molecule has 1 atom stereocenters. The highest BCUT2D eigenvalue weighted by molar-refractivity contribution is 6.31. The van der Waals surface area contributed by atoms with Crippen LogP contribution in [0.25, 0.3) is 12.2 Å². The van der Waals surface area contributed by atoms with Crippen LogP contribution in [0.3, 0.4) is 0 Å². The summed E-state index contributed by atoms with van der Waals surface area (Å²) in [6.07, 6.45) is 4.40. The van der Waals surface area contributed by atoms with Gasteiger partial charge in [-0.1, -0.05) is 83.9 Å². The fourth-order valence-corrected chi connectivity index (χ4v) is 4.04. The van der Waals surface area contributed by atoms with Gasteiger partial charge in [0.1, 0.15) is 0 Å². The molecule has 0 spiro atoms. The molecule has 152 valence electrons. The average Bonchev–Trinajstić information content (AvgIpc) is 3.18. The van der Waals surface area contributed by atoms with Crippen LogP contribution in [0.1, 0.15) is 27.8 Å². The smallest absolute Gasteiger partial charge is 0.240 e. The van der Waals surface area contributed by atoms with E-state index in [-0.39, 0.29) is 5.91 Å². The van der Waals surface area contributed by atoms with Crippen molar-refractivity contribution < 1.29 is 4.79 Å². The predicted molar refractivity (Wildman–Crippen MR) is 124 cm³/mol. The van der Waals surface area contributed by atoms with E-state index in [0.29, 0.717) is 29.6 Å². The van der Waals surface area contributed by atoms with Crippen molar-refractivity contribution in [2.75, 3.05) is 0 Å². The van der Waals surface area contributed by atoms with Crippen molar-refractivity contribution in [2.24, 2.45) is 5.73 Å². The van der Waals surface area contributed by atoms with E-state index < -0.39 is 6.04 Å². The van der Waals surface area contributed by atoms with Crippen LogP contribution >= 0.6 is 23.2 Å². The first-order chi connectivity index (χ1) is 14.5. The zero-order valence-corrected chi connectivity index (χ0v) is 17.9. The third-order valence-electron chi connectivity index (χ3n) is 5.32. The second kappa shape index (κ2) is 9.05. The Morgan fingerprint density at radius 3 is 2.17 bits per heavy atom. The molecule has 0 aromatic heterocycles. The second-order valence-corrected chi connectivity index (χ2v) is 8.35. The molecule has 1 aliphatic heterocycles. The van der Waals surface area contributed by atoms with Crippen molar-refractivity contribution in [1.29, 1.82) is 0 Å². The van der Waals surface area contributed by atoms with Crippen LogP contribution in [-0.2, 0) is 24.3 Å². The van der Waals surface area contributed by atoms with Crippen LogP contribution in [0.4, 0.5) is 0 Å². The van der Waals surface area contributed by atoms with Crippen LogP contribution in [0.2, 0.25) is 10.0 Å². The summed E-state index contributed by atoms with van der Waals surface area (Å²) in [6, 6.07) is 20.9. The van der Waals surface area contributed by atoms with Gasteiger partial charge in [-0.2, -0.15) is 0 Å². The molecule has 1 amide bonds. The number of fused-ring (bicyclic) bond motifs is 1. The van der Waals surface area contributed by atoms with E-state index in [9.17, 15) is 4.79 Å². The second-order valence-electron chi connectivity index (χ2n) is 7.51. The third-order valence-corrected chi connectivity index (χ3v) is 5.93. The number of nitrogens with two attached hydrogens (primary N) is 1. The first-order valence-corrected chi connectivity index (χ1v) is 10.6. The number of benzene rings is 3. The van der Waals surface area contributed by atoms with Crippen molar-refractivity contribution in [1.82, 2.24) is 4.90 Å². The van der Waals surface area contributed by atoms with Gasteiger partial charge in [0.05, 0.1) is 6.04 Å². The van der Waals surface area contributed by atoms with Crippen molar-refractivity contribution in [3.8, 4) is 0 Å². The highest BCUT2D eigenvalue weighted by atomic mass is 35.5. The van der Waals surface area contributed by atoms with Gasteiger partial charge in [-0.25, -0.2) is 0 Å². The molecule has 4 rings (SSSR count). The van der Waals surface area contributed by atoms with Gasteiger partial charge in [0.15, 0.2) is 0 Å². The van der Waals surface area contributed by atoms with Crippen LogP contribution in [0.15, 0.2) is 66.7 Å². The minimum Gasteiger partial charge on any atom is -0.333 e. The van der Waals surface area contributed by atoms with Gasteiger partial charge >= 0.3 is 0 Å². The summed E-state index contributed by atoms with van der Waals surface area (Å²) in [5, 5.41) is 1.32. The van der Waals surface area contributed by atoms with Crippen molar-refractivity contribution in [2.45, 2.75) is 25.6 Å². The molecule has 3 aromatic carbocycles. The first-order valence-electron chi connectivity index (χ1n) is 9.83. The van der Waals surface area contributed by atoms with Gasteiger partial charge in [0, 0.05) is 23.1 Å². The standard InChI is InChI=1S/C25H22Cl2N2O/c26-22-11-8-17(9-12-22)5-6-18-7-10-19(23(27)13-18)14-24(28)25(30)29-15-20-3-1-2-4-21(20)16-29/h1-13,24H,14-16,28H2. The van der Waals surface area contributed by atoms with Crippen LogP contribution in [0, 0.1) is 0 Å². The molecule has 1 unspecified atom stereocenters. The number of hydrogen-bond donors (Lipinski definition) is 1. The SMILES string of the molecule is NC(Cc1ccc(C=Cc2ccc(Cl)cc2)cc1Cl)C(=O)N1Cc2ccccc2C1. The number of nitrogens with zero attached hydrogens (tertiary/aromatic N) is 1. The molecule has 30 heavy (non-hydrogen) atoms. The summed E-state index contributed by atoms with van der Waals surface area (Å²) >= 11 is 12.4. The largest absolute Gasteiger partial charge is 0.333 e. The Labute approximate surface area is 186 Å². The van der Waals surface area contributed by atoms with E-state index in [2.05, 4.69) is 12.1 Å². The van der Waals surface area contributed by atoms with E-state index >= 15 is 0 Å². The van der Waals surface area contributed by atoms with Crippen LogP contribution < -0.4 is 5.73 Å². The van der Waals surface area contributed by atoms with E-state index in [0.717, 1.165) is 16.7 Å². The molecule has 0 aliphatic carbocycles. The zero-order valence-electron chi connectivity index (χ0n) is 16.4. The lowest BCUT2D eigenvalue weighted by Crippen LogP contribution is -2.42. The Bertz CT molecular complexity index is 1070. The van der Waals surface area contributed by atoms with Crippen LogP contribution in [0.5, 0.6) is 0 Å². The minimum atomic E-state index is -0.618. The molecule has 0 bridgehead atoms. The Balaban J connectivity index is 1.40. The highest BCUT2D eigenvalue weighted by Crippen LogP contribution is 2.25. The summed E-state index contributed by atoms with van der Waals surface area (Å²) in [4.78, 5) is 14.6. The Morgan fingerprint density at radius 2 is 1.53 bits per heavy atom. The number of carbonyl (C=O) groups is 1. The number of rotatable bonds is 5. The van der Waals surface area contributed by atoms with Crippen molar-refractivity contribution in [3.63, 3.8) is 0 Å². The lowest BCUT2D eigenvalue weighted by molar-refractivity contribution is -0.133. The molecule has 5 heteroatoms. The maximum Gasteiger partial charge on any atom is 0.240 e. The highest BCUT2D eigenvalue weighted by Gasteiger charge is 2.27. The number of halogens is 2. The fraction of sp³-hybridized carbons (Fsp3) is 0.160. The van der Waals surface area contributed by atoms with Gasteiger partial charge in [-0.05, 0) is 52.4 Å². The van der Waals surface area contributed by atoms with E-state index in [4.69, 9.17) is 28.9 Å². The molecule has 0 saturated carbocycles. The minimum absolute atomic E-state index is 0.0472. The Hall–Kier alpha value is -2.59. The molecule has 0 saturated heterocycles. The number of hydrogen-bond acceptors (Lipinski definition) is 2. The number of amides is 1. The van der Waals surface area contributed by atoms with Gasteiger partial charge in [0.2, 0.25) is 5.91 Å². The quantitative estimate of drug-likeness (QED) is 0.530. The van der Waals surface area contributed by atoms with Gasteiger partial charge in [-0.15, -0.1) is 0 Å². The van der Waals surface area contributed by atoms with Gasteiger partial charge in [0.25, 0.3) is 0 Å². The van der Waals surface area contributed by atoms with Gasteiger partial charge < -0.3 is 10.6 Å². The summed E-state index contributed by atoms with van der Waals surface area (Å²) in [6.45, 7) is 1.23. The Kier molecular flexibility index (Phi) is 6.24. The van der Waals surface area contributed by atoms with Gasteiger partial charge in [-0.3, -0.25) is 4.79 Å². The lowest BCUT2D eigenvalue weighted by atomic mass is 10.0. The topological polar surface area (TPSA) is 46.3 Å². The molecule has 1 aliphatic rings. The molecule has 3 aromatic rings. The summed E-state index contributed by atoms with van der Waals surface area (Å²) in [5.74, 6) is -0.0472. The first kappa shape index (κ1) is 20.7. The summed E-state index contributed by atoms with van der Waals surface area (Å²) in [5.41, 5.74) is 11.5. The molecular weight excluding hydrogens is 415 g/mol. The molecule has 1 heterocycles. The average molecular weight is 437 g/mol. The zero-order chi connectivity index (χ0) is 21.1. The number of carbonyl (C=O) groups excluding carboxylic acids is 1. The van der Waals surface area contributed by atoms with Crippen LogP contribution in [-0.4, -0.2) is 16.8 Å². The third kappa shape index (κ3) is 4.76. The maximum absolute atomic E-state index is 12.8. The lowest BCUT2D eigenvalue weighted by Gasteiger charge is -2.20. The van der Waals surface area contributed by atoms with Crippen molar-refractivity contribution >= 4 is 41.3 Å². The maximum atomic E-state index is 12.8. The monoisotopic (exact) mass is 436 g/mol. The van der Waals surface area contributed by atoms with E-state index in [1.165, 1.54) is 11.1 Å². The van der Waals surface area contributed by atoms with Crippen molar-refractivity contribution in [3.05, 3.63) is 105 Å². The summed E-state index contributed by atoms with van der Waals surface area (Å²) in [7, 11) is 0. The Morgan fingerprint density at radius 1 is 0.933 bits per heavy atom. The normalized spacial score (nSPS) is 14.2. The molecule has 0 fully saturated rings. The molecule has 0 radical (unpaired) electrons. The van der Waals surface area contributed by atoms with E-state index in [1.807, 2.05) is 71.6 Å². The molecule has 3 nitrogen and oxygen atoms in total. The van der Waals surface area contributed by atoms with E-state index in [1.54, 1.807) is 0 Å². The molecule has 2 N–H and O–H groups in total. The summed E-state index contributed by atoms with van der Waals surface area (Å²) < 4.78 is 0. The fourth-order valence-electron chi connectivity index (χ4n) is 3.65. The predicted octanol–water partition coefficient (Wildman–Crippen LogP) is 5.58.